The van der Waals surface area contributed by atoms with Gasteiger partial charge in [0.15, 0.2) is 0 Å². The molecular formula is C16H32N2O. The van der Waals surface area contributed by atoms with Crippen LogP contribution in [-0.2, 0) is 4.79 Å². The van der Waals surface area contributed by atoms with Crippen LogP contribution < -0.4 is 5.32 Å². The maximum Gasteiger partial charge on any atom is 0.210 e. The lowest BCUT2D eigenvalue weighted by molar-refractivity contribution is -0.124. The van der Waals surface area contributed by atoms with Gasteiger partial charge in [-0.05, 0) is 59.8 Å². The SMILES string of the molecule is CC(C)CC(C)N(C=O)C1CC(C)(C)NC(C)(C)C1. The molecule has 0 aromatic rings. The van der Waals surface area contributed by atoms with E-state index in [1.807, 2.05) is 0 Å². The summed E-state index contributed by atoms with van der Waals surface area (Å²) < 4.78 is 0. The van der Waals surface area contributed by atoms with Crippen molar-refractivity contribution in [3.63, 3.8) is 0 Å². The van der Waals surface area contributed by atoms with E-state index in [1.54, 1.807) is 0 Å². The van der Waals surface area contributed by atoms with E-state index in [9.17, 15) is 4.79 Å². The fourth-order valence-electron chi connectivity index (χ4n) is 3.83. The van der Waals surface area contributed by atoms with Crippen molar-refractivity contribution in [1.82, 2.24) is 10.2 Å². The molecule has 3 nitrogen and oxygen atoms in total. The zero-order chi connectivity index (χ0) is 14.8. The number of carbonyl (C=O) groups excluding carboxylic acids is 1. The minimum absolute atomic E-state index is 0.0885. The number of piperidine rings is 1. The molecule has 1 unspecified atom stereocenters. The first-order valence-electron chi connectivity index (χ1n) is 7.58. The second-order valence-electron chi connectivity index (χ2n) is 7.99. The molecular weight excluding hydrogens is 236 g/mol. The van der Waals surface area contributed by atoms with Crippen molar-refractivity contribution in [1.29, 1.82) is 0 Å². The van der Waals surface area contributed by atoms with E-state index in [0.717, 1.165) is 25.7 Å². The van der Waals surface area contributed by atoms with Crippen molar-refractivity contribution in [2.24, 2.45) is 5.92 Å². The molecule has 1 saturated heterocycles. The lowest BCUT2D eigenvalue weighted by Crippen LogP contribution is -2.62. The van der Waals surface area contributed by atoms with Crippen LogP contribution in [0.2, 0.25) is 0 Å². The quantitative estimate of drug-likeness (QED) is 0.777. The molecule has 0 aliphatic carbocycles. The molecule has 112 valence electrons. The summed E-state index contributed by atoms with van der Waals surface area (Å²) in [7, 11) is 0. The molecule has 1 N–H and O–H groups in total. The van der Waals surface area contributed by atoms with Crippen LogP contribution in [0.15, 0.2) is 0 Å². The van der Waals surface area contributed by atoms with Crippen molar-refractivity contribution in [3.8, 4) is 0 Å². The van der Waals surface area contributed by atoms with Gasteiger partial charge >= 0.3 is 0 Å². The van der Waals surface area contributed by atoms with Crippen molar-refractivity contribution in [2.75, 3.05) is 0 Å². The molecule has 0 aromatic heterocycles. The van der Waals surface area contributed by atoms with Gasteiger partial charge in [0.05, 0.1) is 0 Å². The average Bonchev–Trinajstić information content (AvgIpc) is 2.11. The van der Waals surface area contributed by atoms with Crippen LogP contribution in [0.5, 0.6) is 0 Å². The first-order valence-corrected chi connectivity index (χ1v) is 7.58. The average molecular weight is 268 g/mol. The molecule has 1 aliphatic heterocycles. The van der Waals surface area contributed by atoms with E-state index < -0.39 is 0 Å². The van der Waals surface area contributed by atoms with E-state index in [0.29, 0.717) is 18.0 Å². The van der Waals surface area contributed by atoms with Gasteiger partial charge in [0, 0.05) is 23.2 Å². The molecule has 19 heavy (non-hydrogen) atoms. The van der Waals surface area contributed by atoms with Gasteiger partial charge in [-0.3, -0.25) is 4.79 Å². The number of rotatable bonds is 5. The number of carbonyl (C=O) groups is 1. The molecule has 1 heterocycles. The molecule has 1 atom stereocenters. The van der Waals surface area contributed by atoms with Crippen LogP contribution in [-0.4, -0.2) is 34.5 Å². The van der Waals surface area contributed by atoms with Crippen LogP contribution >= 0.6 is 0 Å². The first-order chi connectivity index (χ1) is 8.56. The Morgan fingerprint density at radius 1 is 1.16 bits per heavy atom. The van der Waals surface area contributed by atoms with Gasteiger partial charge in [0.25, 0.3) is 0 Å². The minimum atomic E-state index is 0.0885. The van der Waals surface area contributed by atoms with Crippen molar-refractivity contribution in [2.45, 2.75) is 90.9 Å². The zero-order valence-electron chi connectivity index (χ0n) is 13.8. The summed E-state index contributed by atoms with van der Waals surface area (Å²) in [5.74, 6) is 0.625. The molecule has 1 amide bonds. The summed E-state index contributed by atoms with van der Waals surface area (Å²) in [5.41, 5.74) is 0.177. The van der Waals surface area contributed by atoms with Gasteiger partial charge in [0.1, 0.15) is 0 Å². The van der Waals surface area contributed by atoms with Gasteiger partial charge in [-0.15, -0.1) is 0 Å². The summed E-state index contributed by atoms with van der Waals surface area (Å²) >= 11 is 0. The molecule has 3 heteroatoms. The number of hydrogen-bond donors (Lipinski definition) is 1. The summed E-state index contributed by atoms with van der Waals surface area (Å²) in [4.78, 5) is 13.6. The van der Waals surface area contributed by atoms with E-state index in [1.165, 1.54) is 0 Å². The van der Waals surface area contributed by atoms with Crippen LogP contribution in [0.25, 0.3) is 0 Å². The lowest BCUT2D eigenvalue weighted by Gasteiger charge is -2.50. The molecule has 0 bridgehead atoms. The predicted octanol–water partition coefficient (Wildman–Crippen LogP) is 3.19. The van der Waals surface area contributed by atoms with Gasteiger partial charge in [-0.2, -0.15) is 0 Å². The Labute approximate surface area is 119 Å². The second kappa shape index (κ2) is 5.82. The monoisotopic (exact) mass is 268 g/mol. The minimum Gasteiger partial charge on any atom is -0.339 e. The highest BCUT2D eigenvalue weighted by molar-refractivity contribution is 5.48. The molecule has 1 aliphatic rings. The smallest absolute Gasteiger partial charge is 0.210 e. The van der Waals surface area contributed by atoms with Crippen LogP contribution in [0.1, 0.15) is 67.7 Å². The zero-order valence-corrected chi connectivity index (χ0v) is 13.8. The second-order valence-corrected chi connectivity index (χ2v) is 7.99. The molecule has 0 aromatic carbocycles. The molecule has 0 radical (unpaired) electrons. The maximum absolute atomic E-state index is 11.6. The fourth-order valence-corrected chi connectivity index (χ4v) is 3.83. The van der Waals surface area contributed by atoms with Crippen LogP contribution in [0.3, 0.4) is 0 Å². The summed E-state index contributed by atoms with van der Waals surface area (Å²) in [5, 5.41) is 3.68. The highest BCUT2D eigenvalue weighted by Crippen LogP contribution is 2.32. The molecule has 1 fully saturated rings. The largest absolute Gasteiger partial charge is 0.339 e. The maximum atomic E-state index is 11.6. The topological polar surface area (TPSA) is 32.3 Å². The van der Waals surface area contributed by atoms with Crippen molar-refractivity contribution < 1.29 is 4.79 Å². The third-order valence-electron chi connectivity index (χ3n) is 4.03. The molecule has 1 rings (SSSR count). The Bertz CT molecular complexity index is 294. The standard InChI is InChI=1S/C16H32N2O/c1-12(2)8-13(3)18(11-19)14-9-15(4,5)17-16(6,7)10-14/h11-14,17H,8-10H2,1-7H3. The number of nitrogens with zero attached hydrogens (tertiary/aromatic N) is 1. The fraction of sp³-hybridized carbons (Fsp3) is 0.938. The highest BCUT2D eigenvalue weighted by atomic mass is 16.1. The summed E-state index contributed by atoms with van der Waals surface area (Å²) in [6.07, 6.45) is 4.19. The summed E-state index contributed by atoms with van der Waals surface area (Å²) in [6.45, 7) is 15.5. The Morgan fingerprint density at radius 3 is 2.00 bits per heavy atom. The highest BCUT2D eigenvalue weighted by Gasteiger charge is 2.40. The van der Waals surface area contributed by atoms with E-state index in [2.05, 4.69) is 58.7 Å². The van der Waals surface area contributed by atoms with Crippen LogP contribution in [0.4, 0.5) is 0 Å². The lowest BCUT2D eigenvalue weighted by atomic mass is 9.78. The van der Waals surface area contributed by atoms with Gasteiger partial charge < -0.3 is 10.2 Å². The van der Waals surface area contributed by atoms with Crippen molar-refractivity contribution in [3.05, 3.63) is 0 Å². The van der Waals surface area contributed by atoms with Crippen molar-refractivity contribution >= 4 is 6.41 Å². The molecule has 0 saturated carbocycles. The van der Waals surface area contributed by atoms with Gasteiger partial charge in [0.2, 0.25) is 6.41 Å². The number of amides is 1. The van der Waals surface area contributed by atoms with Gasteiger partial charge in [-0.25, -0.2) is 0 Å². The number of hydrogen-bond acceptors (Lipinski definition) is 2. The third kappa shape index (κ3) is 4.79. The van der Waals surface area contributed by atoms with Gasteiger partial charge in [-0.1, -0.05) is 13.8 Å². The summed E-state index contributed by atoms with van der Waals surface area (Å²) in [6, 6.07) is 0.671. The Kier molecular flexibility index (Phi) is 5.05. The molecule has 0 spiro atoms. The number of nitrogens with one attached hydrogen (secondary N) is 1. The predicted molar refractivity (Wildman–Crippen MR) is 81.1 cm³/mol. The normalized spacial score (nSPS) is 24.2. The van der Waals surface area contributed by atoms with E-state index in [-0.39, 0.29) is 11.1 Å². The Morgan fingerprint density at radius 2 is 1.63 bits per heavy atom. The van der Waals surface area contributed by atoms with Crippen LogP contribution in [0, 0.1) is 5.92 Å². The Hall–Kier alpha value is -0.570. The Balaban J connectivity index is 2.82. The first kappa shape index (κ1) is 16.5. The van der Waals surface area contributed by atoms with E-state index in [4.69, 9.17) is 0 Å². The van der Waals surface area contributed by atoms with E-state index >= 15 is 0 Å². The third-order valence-corrected chi connectivity index (χ3v) is 4.03.